The van der Waals surface area contributed by atoms with E-state index in [1.165, 1.54) is 12.1 Å². The molecule has 0 bridgehead atoms. The molecule has 0 saturated carbocycles. The second-order valence-corrected chi connectivity index (χ2v) is 5.65. The summed E-state index contributed by atoms with van der Waals surface area (Å²) in [5.74, 6) is 0.205. The van der Waals surface area contributed by atoms with Crippen LogP contribution in [-0.4, -0.2) is 18.5 Å². The highest BCUT2D eigenvalue weighted by Crippen LogP contribution is 2.18. The van der Waals surface area contributed by atoms with Crippen molar-refractivity contribution in [1.82, 2.24) is 9.71 Å². The summed E-state index contributed by atoms with van der Waals surface area (Å²) < 4.78 is 31.6. The molecule has 0 saturated heterocycles. The normalized spacial score (nSPS) is 13.4. The lowest BCUT2D eigenvalue weighted by Gasteiger charge is -2.12. The van der Waals surface area contributed by atoms with E-state index in [9.17, 15) is 8.42 Å². The topological polar surface area (TPSA) is 92.4 Å². The number of sulfonamides is 1. The van der Waals surface area contributed by atoms with Gasteiger partial charge in [0.15, 0.2) is 0 Å². The van der Waals surface area contributed by atoms with Crippen LogP contribution < -0.4 is 4.72 Å². The molecular formula is C12H14N2O4S. The van der Waals surface area contributed by atoms with Crippen molar-refractivity contribution in [3.05, 3.63) is 48.0 Å². The zero-order chi connectivity index (χ0) is 13.9. The summed E-state index contributed by atoms with van der Waals surface area (Å²) in [5.41, 5.74) is 0.799. The molecule has 1 unspecified atom stereocenters. The van der Waals surface area contributed by atoms with Crippen LogP contribution in [0.15, 0.2) is 46.2 Å². The van der Waals surface area contributed by atoms with Gasteiger partial charge in [-0.15, -0.1) is 0 Å². The standard InChI is InChI=1S/C12H14N2O4S/c1-9(10-4-6-13-7-5-10)14-19(16,17)12-3-2-11(8-15)18-12/h2-7,9,14-15H,8H2,1H3. The minimum absolute atomic E-state index is 0.205. The van der Waals surface area contributed by atoms with Gasteiger partial charge in [0.25, 0.3) is 10.0 Å². The zero-order valence-corrected chi connectivity index (χ0v) is 11.1. The van der Waals surface area contributed by atoms with E-state index in [0.717, 1.165) is 5.56 Å². The lowest BCUT2D eigenvalue weighted by atomic mass is 10.1. The van der Waals surface area contributed by atoms with E-state index in [2.05, 4.69) is 9.71 Å². The lowest BCUT2D eigenvalue weighted by Crippen LogP contribution is -2.26. The van der Waals surface area contributed by atoms with Crippen LogP contribution in [-0.2, 0) is 16.6 Å². The first-order chi connectivity index (χ1) is 9.03. The molecule has 6 nitrogen and oxygen atoms in total. The number of hydrogen-bond acceptors (Lipinski definition) is 5. The number of pyridine rings is 1. The van der Waals surface area contributed by atoms with Crippen molar-refractivity contribution in [2.75, 3.05) is 0 Å². The quantitative estimate of drug-likeness (QED) is 0.859. The minimum Gasteiger partial charge on any atom is -0.446 e. The monoisotopic (exact) mass is 282 g/mol. The van der Waals surface area contributed by atoms with E-state index in [1.54, 1.807) is 31.5 Å². The average Bonchev–Trinajstić information content (AvgIpc) is 2.89. The molecule has 0 fully saturated rings. The molecule has 1 atom stereocenters. The fraction of sp³-hybridized carbons (Fsp3) is 0.250. The summed E-state index contributed by atoms with van der Waals surface area (Å²) in [6, 6.07) is 5.79. The zero-order valence-electron chi connectivity index (χ0n) is 10.3. The second-order valence-electron chi connectivity index (χ2n) is 4.00. The smallest absolute Gasteiger partial charge is 0.274 e. The predicted octanol–water partition coefficient (Wildman–Crippen LogP) is 1.21. The van der Waals surface area contributed by atoms with Crippen molar-refractivity contribution in [2.24, 2.45) is 0 Å². The molecule has 2 N–H and O–H groups in total. The molecule has 19 heavy (non-hydrogen) atoms. The SMILES string of the molecule is CC(NS(=O)(=O)c1ccc(CO)o1)c1ccncc1. The van der Waals surface area contributed by atoms with Crippen molar-refractivity contribution < 1.29 is 17.9 Å². The van der Waals surface area contributed by atoms with Crippen molar-refractivity contribution in [3.8, 4) is 0 Å². The Morgan fingerprint density at radius 2 is 2.00 bits per heavy atom. The van der Waals surface area contributed by atoms with Gasteiger partial charge in [-0.25, -0.2) is 13.1 Å². The van der Waals surface area contributed by atoms with Crippen LogP contribution in [0.4, 0.5) is 0 Å². The molecule has 0 aliphatic rings. The summed E-state index contributed by atoms with van der Waals surface area (Å²) in [5, 5.41) is 8.65. The Morgan fingerprint density at radius 3 is 2.58 bits per heavy atom. The van der Waals surface area contributed by atoms with Gasteiger partial charge in [-0.05, 0) is 36.8 Å². The van der Waals surface area contributed by atoms with Crippen LogP contribution in [0.1, 0.15) is 24.3 Å². The van der Waals surface area contributed by atoms with Gasteiger partial charge in [-0.1, -0.05) is 0 Å². The summed E-state index contributed by atoms with van der Waals surface area (Å²) in [6.45, 7) is 1.39. The molecule has 0 radical (unpaired) electrons. The Morgan fingerprint density at radius 1 is 1.32 bits per heavy atom. The minimum atomic E-state index is -3.75. The third-order valence-corrected chi connectivity index (χ3v) is 4.01. The fourth-order valence-corrected chi connectivity index (χ4v) is 2.78. The van der Waals surface area contributed by atoms with Gasteiger partial charge >= 0.3 is 0 Å². The molecule has 0 spiro atoms. The summed E-state index contributed by atoms with van der Waals surface area (Å²) in [7, 11) is -3.75. The first-order valence-electron chi connectivity index (χ1n) is 5.65. The summed E-state index contributed by atoms with van der Waals surface area (Å²) >= 11 is 0. The van der Waals surface area contributed by atoms with Gasteiger partial charge in [0.2, 0.25) is 5.09 Å². The first kappa shape index (κ1) is 13.7. The number of nitrogens with one attached hydrogen (secondary N) is 1. The van der Waals surface area contributed by atoms with Gasteiger partial charge in [0.1, 0.15) is 12.4 Å². The Hall–Kier alpha value is -1.70. The Balaban J connectivity index is 2.17. The maximum atomic E-state index is 12.0. The molecule has 2 heterocycles. The molecule has 2 aromatic heterocycles. The van der Waals surface area contributed by atoms with Crippen LogP contribution in [0.25, 0.3) is 0 Å². The van der Waals surface area contributed by atoms with E-state index >= 15 is 0 Å². The van der Waals surface area contributed by atoms with E-state index in [4.69, 9.17) is 9.52 Å². The maximum absolute atomic E-state index is 12.0. The Bertz CT molecular complexity index is 637. The molecule has 102 valence electrons. The fourth-order valence-electron chi connectivity index (χ4n) is 1.60. The van der Waals surface area contributed by atoms with E-state index < -0.39 is 16.1 Å². The number of furan rings is 1. The third kappa shape index (κ3) is 3.19. The molecule has 0 aliphatic carbocycles. The molecule has 0 aromatic carbocycles. The third-order valence-electron chi connectivity index (χ3n) is 2.60. The van der Waals surface area contributed by atoms with Crippen LogP contribution >= 0.6 is 0 Å². The number of aliphatic hydroxyl groups excluding tert-OH is 1. The van der Waals surface area contributed by atoms with Crippen molar-refractivity contribution in [2.45, 2.75) is 24.7 Å². The molecule has 0 aliphatic heterocycles. The highest BCUT2D eigenvalue weighted by atomic mass is 32.2. The van der Waals surface area contributed by atoms with Crippen molar-refractivity contribution >= 4 is 10.0 Å². The highest BCUT2D eigenvalue weighted by molar-refractivity contribution is 7.89. The largest absolute Gasteiger partial charge is 0.446 e. The first-order valence-corrected chi connectivity index (χ1v) is 7.13. The second kappa shape index (κ2) is 5.52. The number of rotatable bonds is 5. The molecule has 2 rings (SSSR count). The number of aromatic nitrogens is 1. The summed E-state index contributed by atoms with van der Waals surface area (Å²) in [4.78, 5) is 3.87. The average molecular weight is 282 g/mol. The molecule has 0 amide bonds. The number of nitrogens with zero attached hydrogens (tertiary/aromatic N) is 1. The van der Waals surface area contributed by atoms with Crippen molar-refractivity contribution in [1.29, 1.82) is 0 Å². The Labute approximate surface area is 111 Å². The van der Waals surface area contributed by atoms with Crippen LogP contribution in [0.2, 0.25) is 0 Å². The highest BCUT2D eigenvalue weighted by Gasteiger charge is 2.21. The van der Waals surface area contributed by atoms with Gasteiger partial charge in [0, 0.05) is 18.4 Å². The van der Waals surface area contributed by atoms with E-state index in [0.29, 0.717) is 0 Å². The van der Waals surface area contributed by atoms with E-state index in [1.807, 2.05) is 0 Å². The van der Waals surface area contributed by atoms with Gasteiger partial charge < -0.3 is 9.52 Å². The van der Waals surface area contributed by atoms with Gasteiger partial charge in [-0.2, -0.15) is 0 Å². The molecule has 7 heteroatoms. The van der Waals surface area contributed by atoms with E-state index in [-0.39, 0.29) is 17.5 Å². The Kier molecular flexibility index (Phi) is 3.98. The van der Waals surface area contributed by atoms with Crippen LogP contribution in [0.5, 0.6) is 0 Å². The van der Waals surface area contributed by atoms with Crippen LogP contribution in [0.3, 0.4) is 0 Å². The maximum Gasteiger partial charge on any atom is 0.274 e. The molecule has 2 aromatic rings. The summed E-state index contributed by atoms with van der Waals surface area (Å²) in [6.07, 6.45) is 3.19. The van der Waals surface area contributed by atoms with Gasteiger partial charge in [0.05, 0.1) is 0 Å². The molecular weight excluding hydrogens is 268 g/mol. The lowest BCUT2D eigenvalue weighted by molar-refractivity contribution is 0.236. The van der Waals surface area contributed by atoms with Gasteiger partial charge in [-0.3, -0.25) is 4.98 Å². The van der Waals surface area contributed by atoms with Crippen molar-refractivity contribution in [3.63, 3.8) is 0 Å². The van der Waals surface area contributed by atoms with Crippen LogP contribution in [0, 0.1) is 0 Å². The number of hydrogen-bond donors (Lipinski definition) is 2. The predicted molar refractivity (Wildman–Crippen MR) is 67.6 cm³/mol. The number of aliphatic hydroxyl groups is 1.